The van der Waals surface area contributed by atoms with Crippen molar-refractivity contribution in [2.45, 2.75) is 50.3 Å². The van der Waals surface area contributed by atoms with Crippen LogP contribution >= 0.6 is 0 Å². The fraction of sp³-hybridized carbons (Fsp3) is 0.409. The number of alkyl halides is 3. The highest BCUT2D eigenvalue weighted by Gasteiger charge is 2.39. The van der Waals surface area contributed by atoms with Gasteiger partial charge in [-0.05, 0) is 62.2 Å². The van der Waals surface area contributed by atoms with E-state index in [1.54, 1.807) is 31.7 Å². The summed E-state index contributed by atoms with van der Waals surface area (Å²) >= 11 is 0. The van der Waals surface area contributed by atoms with Gasteiger partial charge >= 0.3 is 12.1 Å². The van der Waals surface area contributed by atoms with E-state index < -0.39 is 45.6 Å². The van der Waals surface area contributed by atoms with E-state index in [4.69, 9.17) is 5.11 Å². The lowest BCUT2D eigenvalue weighted by Gasteiger charge is -2.44. The van der Waals surface area contributed by atoms with E-state index >= 15 is 0 Å². The molecule has 1 aliphatic rings. The molecule has 1 heterocycles. The number of rotatable bonds is 5. The van der Waals surface area contributed by atoms with E-state index in [9.17, 15) is 30.8 Å². The van der Waals surface area contributed by atoms with Crippen molar-refractivity contribution in [1.29, 1.82) is 0 Å². The van der Waals surface area contributed by atoms with E-state index in [1.807, 2.05) is 0 Å². The Bertz CT molecular complexity index is 1160. The summed E-state index contributed by atoms with van der Waals surface area (Å²) in [7, 11) is -3.98. The highest BCUT2D eigenvalue weighted by atomic mass is 32.2. The van der Waals surface area contributed by atoms with Crippen molar-refractivity contribution in [3.8, 4) is 0 Å². The Hall–Kier alpha value is -2.66. The highest BCUT2D eigenvalue weighted by Crippen LogP contribution is 2.34. The molecule has 180 valence electrons. The Labute approximate surface area is 189 Å². The first-order valence-corrected chi connectivity index (χ1v) is 11.6. The average molecular weight is 489 g/mol. The predicted molar refractivity (Wildman–Crippen MR) is 114 cm³/mol. The van der Waals surface area contributed by atoms with Gasteiger partial charge in [-0.25, -0.2) is 12.8 Å². The summed E-state index contributed by atoms with van der Waals surface area (Å²) in [5, 5.41) is 9.08. The summed E-state index contributed by atoms with van der Waals surface area (Å²) in [6.07, 6.45) is -5.11. The van der Waals surface area contributed by atoms with Crippen molar-refractivity contribution in [2.75, 3.05) is 18.0 Å². The molecule has 33 heavy (non-hydrogen) atoms. The molecule has 1 saturated heterocycles. The van der Waals surface area contributed by atoms with Crippen molar-refractivity contribution in [2.24, 2.45) is 0 Å². The molecule has 1 aliphatic heterocycles. The summed E-state index contributed by atoms with van der Waals surface area (Å²) in [4.78, 5) is 12.7. The monoisotopic (exact) mass is 488 g/mol. The minimum absolute atomic E-state index is 0.0305. The highest BCUT2D eigenvalue weighted by molar-refractivity contribution is 7.89. The number of anilines is 1. The molecular weight excluding hydrogens is 464 g/mol. The third kappa shape index (κ3) is 5.14. The van der Waals surface area contributed by atoms with Crippen LogP contribution in [0.4, 0.5) is 23.2 Å². The van der Waals surface area contributed by atoms with Gasteiger partial charge in [-0.2, -0.15) is 17.5 Å². The summed E-state index contributed by atoms with van der Waals surface area (Å²) < 4.78 is 80.7. The number of carboxylic acid groups (broad SMARTS) is 1. The third-order valence-electron chi connectivity index (χ3n) is 5.70. The summed E-state index contributed by atoms with van der Waals surface area (Å²) in [6, 6.07) is 5.85. The Morgan fingerprint density at radius 3 is 2.21 bits per heavy atom. The van der Waals surface area contributed by atoms with Gasteiger partial charge in [0.1, 0.15) is 5.82 Å². The van der Waals surface area contributed by atoms with Gasteiger partial charge in [-0.3, -0.25) is 4.79 Å². The molecule has 6 nitrogen and oxygen atoms in total. The topological polar surface area (TPSA) is 77.9 Å². The van der Waals surface area contributed by atoms with Crippen LogP contribution in [0, 0.1) is 12.7 Å². The zero-order valence-electron chi connectivity index (χ0n) is 18.2. The number of sulfonamides is 1. The first kappa shape index (κ1) is 25.0. The van der Waals surface area contributed by atoms with Crippen molar-refractivity contribution in [1.82, 2.24) is 4.31 Å². The van der Waals surface area contributed by atoms with Gasteiger partial charge in [0.05, 0.1) is 16.9 Å². The first-order chi connectivity index (χ1) is 15.2. The Morgan fingerprint density at radius 1 is 1.09 bits per heavy atom. The maximum absolute atomic E-state index is 14.0. The smallest absolute Gasteiger partial charge is 0.419 e. The number of halogens is 4. The fourth-order valence-electron chi connectivity index (χ4n) is 4.21. The minimum Gasteiger partial charge on any atom is -0.481 e. The van der Waals surface area contributed by atoms with Crippen LogP contribution in [0.5, 0.6) is 0 Å². The SMILES string of the molecule is Cc1ccc(S(=O)(=O)N2C(C)CN(c3ccc(C(F)(F)F)c(F)c3)C[C@@H]2C)cc1CC(=O)O. The van der Waals surface area contributed by atoms with Crippen LogP contribution in [0.3, 0.4) is 0 Å². The van der Waals surface area contributed by atoms with Gasteiger partial charge in [-0.15, -0.1) is 0 Å². The van der Waals surface area contributed by atoms with E-state index in [0.29, 0.717) is 17.2 Å². The van der Waals surface area contributed by atoms with Crippen LogP contribution in [0.25, 0.3) is 0 Å². The van der Waals surface area contributed by atoms with Crippen LogP contribution in [-0.4, -0.2) is 49.0 Å². The van der Waals surface area contributed by atoms with Crippen LogP contribution in [-0.2, 0) is 27.4 Å². The molecule has 1 N–H and O–H groups in total. The summed E-state index contributed by atoms with van der Waals surface area (Å²) in [6.45, 7) is 5.30. The number of aliphatic carboxylic acids is 1. The van der Waals surface area contributed by atoms with E-state index in [0.717, 1.165) is 6.07 Å². The molecule has 1 fully saturated rings. The van der Waals surface area contributed by atoms with Crippen molar-refractivity contribution in [3.05, 3.63) is 58.9 Å². The van der Waals surface area contributed by atoms with Gasteiger partial charge in [0, 0.05) is 30.9 Å². The Kier molecular flexibility index (Phi) is 6.77. The van der Waals surface area contributed by atoms with Crippen molar-refractivity contribution in [3.63, 3.8) is 0 Å². The molecule has 3 rings (SSSR count). The van der Waals surface area contributed by atoms with Crippen LogP contribution in [0.1, 0.15) is 30.5 Å². The second-order valence-electron chi connectivity index (χ2n) is 8.26. The van der Waals surface area contributed by atoms with Gasteiger partial charge in [0.15, 0.2) is 0 Å². The average Bonchev–Trinajstić information content (AvgIpc) is 2.67. The number of benzene rings is 2. The number of hydrogen-bond donors (Lipinski definition) is 1. The largest absolute Gasteiger partial charge is 0.481 e. The molecule has 0 radical (unpaired) electrons. The lowest BCUT2D eigenvalue weighted by Crippen LogP contribution is -2.58. The van der Waals surface area contributed by atoms with Gasteiger partial charge in [0.2, 0.25) is 10.0 Å². The molecular formula is C22H24F4N2O4S. The van der Waals surface area contributed by atoms with Gasteiger partial charge in [-0.1, -0.05) is 6.07 Å². The summed E-state index contributed by atoms with van der Waals surface area (Å²) in [5.41, 5.74) is -0.0743. The van der Waals surface area contributed by atoms with Crippen molar-refractivity contribution < 1.29 is 35.9 Å². The van der Waals surface area contributed by atoms with Crippen molar-refractivity contribution >= 4 is 21.7 Å². The maximum atomic E-state index is 14.0. The molecule has 0 amide bonds. The Morgan fingerprint density at radius 2 is 1.70 bits per heavy atom. The third-order valence-corrected chi connectivity index (χ3v) is 7.82. The van der Waals surface area contributed by atoms with Crippen LogP contribution in [0.2, 0.25) is 0 Å². The quantitative estimate of drug-likeness (QED) is 0.643. The van der Waals surface area contributed by atoms with E-state index in [2.05, 4.69) is 0 Å². The van der Waals surface area contributed by atoms with Gasteiger partial charge in [0.25, 0.3) is 0 Å². The summed E-state index contributed by atoms with van der Waals surface area (Å²) in [5.74, 6) is -2.47. The number of aryl methyl sites for hydroxylation is 1. The predicted octanol–water partition coefficient (Wildman–Crippen LogP) is 4.07. The van der Waals surface area contributed by atoms with Crippen LogP contribution in [0.15, 0.2) is 41.3 Å². The lowest BCUT2D eigenvalue weighted by atomic mass is 10.1. The maximum Gasteiger partial charge on any atom is 0.419 e. The molecule has 0 aliphatic carbocycles. The second kappa shape index (κ2) is 8.94. The number of piperazine rings is 1. The normalized spacial score (nSPS) is 20.2. The lowest BCUT2D eigenvalue weighted by molar-refractivity contribution is -0.140. The molecule has 2 aromatic rings. The second-order valence-corrected chi connectivity index (χ2v) is 10.1. The molecule has 11 heteroatoms. The standard InChI is InChI=1S/C22H24F4N2O4S/c1-13-4-6-18(8-16(13)9-21(29)30)33(31,32)28-14(2)11-27(12-15(28)3)17-5-7-19(20(23)10-17)22(24,25)26/h4-8,10,14-15H,9,11-12H2,1-3H3,(H,29,30)/t14-,15?/m0/s1. The van der Waals surface area contributed by atoms with E-state index in [-0.39, 0.29) is 30.1 Å². The minimum atomic E-state index is -4.80. The molecule has 2 atom stereocenters. The molecule has 0 spiro atoms. The number of hydrogen-bond acceptors (Lipinski definition) is 4. The number of carboxylic acids is 1. The fourth-order valence-corrected chi connectivity index (χ4v) is 6.06. The molecule has 0 aromatic heterocycles. The molecule has 0 saturated carbocycles. The van der Waals surface area contributed by atoms with Crippen LogP contribution < -0.4 is 4.90 Å². The van der Waals surface area contributed by atoms with Gasteiger partial charge < -0.3 is 10.0 Å². The Balaban J connectivity index is 1.87. The molecule has 0 bridgehead atoms. The zero-order valence-corrected chi connectivity index (χ0v) is 19.0. The number of nitrogens with zero attached hydrogens (tertiary/aromatic N) is 2. The first-order valence-electron chi connectivity index (χ1n) is 10.2. The zero-order chi connectivity index (χ0) is 24.7. The molecule has 2 aromatic carbocycles. The van der Waals surface area contributed by atoms with E-state index in [1.165, 1.54) is 22.5 Å². The number of carbonyl (C=O) groups is 1. The molecule has 1 unspecified atom stereocenters.